The molecular formula is C19H25NO. The molecule has 0 bridgehead atoms. The van der Waals surface area contributed by atoms with Gasteiger partial charge in [0.15, 0.2) is 0 Å². The van der Waals surface area contributed by atoms with E-state index in [1.807, 2.05) is 18.5 Å². The van der Waals surface area contributed by atoms with Crippen LogP contribution in [0.4, 0.5) is 0 Å². The molecule has 2 heteroatoms. The van der Waals surface area contributed by atoms with Crippen LogP contribution in [0.5, 0.6) is 0 Å². The quantitative estimate of drug-likeness (QED) is 0.813. The van der Waals surface area contributed by atoms with Crippen LogP contribution in [0.3, 0.4) is 0 Å². The summed E-state index contributed by atoms with van der Waals surface area (Å²) in [6, 6.07) is 8.26. The predicted molar refractivity (Wildman–Crippen MR) is 87.1 cm³/mol. The van der Waals surface area contributed by atoms with Gasteiger partial charge in [-0.3, -0.25) is 4.98 Å². The first kappa shape index (κ1) is 14.5. The molecule has 0 amide bonds. The van der Waals surface area contributed by atoms with E-state index in [9.17, 15) is 5.11 Å². The minimum absolute atomic E-state index is 0.688. The average Bonchev–Trinajstić information content (AvgIpc) is 2.69. The van der Waals surface area contributed by atoms with Crippen molar-refractivity contribution in [2.75, 3.05) is 0 Å². The minimum atomic E-state index is -0.688. The molecule has 2 aromatic rings. The molecule has 3 rings (SSSR count). The van der Waals surface area contributed by atoms with Crippen molar-refractivity contribution in [1.82, 2.24) is 4.98 Å². The zero-order valence-electron chi connectivity index (χ0n) is 13.0. The molecule has 2 unspecified atom stereocenters. The maximum atomic E-state index is 11.3. The van der Waals surface area contributed by atoms with Gasteiger partial charge in [0.25, 0.3) is 0 Å². The first-order chi connectivity index (χ1) is 10.1. The highest BCUT2D eigenvalue weighted by Crippen LogP contribution is 2.41. The van der Waals surface area contributed by atoms with Gasteiger partial charge in [0.05, 0.1) is 5.60 Å². The van der Waals surface area contributed by atoms with Crippen molar-refractivity contribution in [3.8, 4) is 0 Å². The Kier molecular flexibility index (Phi) is 3.99. The van der Waals surface area contributed by atoms with Crippen molar-refractivity contribution in [2.45, 2.75) is 51.6 Å². The third kappa shape index (κ3) is 2.82. The van der Waals surface area contributed by atoms with Crippen LogP contribution in [-0.4, -0.2) is 10.1 Å². The minimum Gasteiger partial charge on any atom is -0.385 e. The lowest BCUT2D eigenvalue weighted by atomic mass is 9.83. The van der Waals surface area contributed by atoms with Crippen LogP contribution in [0.25, 0.3) is 10.8 Å². The van der Waals surface area contributed by atoms with Crippen LogP contribution < -0.4 is 0 Å². The largest absolute Gasteiger partial charge is 0.385 e. The number of aromatic nitrogens is 1. The van der Waals surface area contributed by atoms with Gasteiger partial charge in [-0.15, -0.1) is 0 Å². The third-order valence-electron chi connectivity index (χ3n) is 5.22. The van der Waals surface area contributed by atoms with E-state index in [1.54, 1.807) is 0 Å². The van der Waals surface area contributed by atoms with Crippen molar-refractivity contribution in [3.05, 3.63) is 42.2 Å². The second-order valence-corrected chi connectivity index (χ2v) is 6.87. The van der Waals surface area contributed by atoms with Crippen molar-refractivity contribution in [1.29, 1.82) is 0 Å². The van der Waals surface area contributed by atoms with Crippen LogP contribution in [0.15, 0.2) is 36.7 Å². The smallest absolute Gasteiger partial charge is 0.0903 e. The highest BCUT2D eigenvalue weighted by Gasteiger charge is 2.34. The van der Waals surface area contributed by atoms with Gasteiger partial charge in [-0.2, -0.15) is 0 Å². The van der Waals surface area contributed by atoms with Gasteiger partial charge in [0.2, 0.25) is 0 Å². The molecule has 1 fully saturated rings. The number of fused-ring (bicyclic) bond motifs is 1. The van der Waals surface area contributed by atoms with Crippen LogP contribution in [-0.2, 0) is 5.60 Å². The van der Waals surface area contributed by atoms with E-state index in [0.717, 1.165) is 42.6 Å². The lowest BCUT2D eigenvalue weighted by Gasteiger charge is -2.29. The molecule has 1 saturated carbocycles. The molecule has 1 aromatic heterocycles. The van der Waals surface area contributed by atoms with Gasteiger partial charge in [0.1, 0.15) is 0 Å². The van der Waals surface area contributed by atoms with Gasteiger partial charge < -0.3 is 5.11 Å². The first-order valence-electron chi connectivity index (χ1n) is 8.16. The molecule has 1 aliphatic rings. The fraction of sp³-hybridized carbons (Fsp3) is 0.526. The normalized spacial score (nSPS) is 27.0. The highest BCUT2D eigenvalue weighted by atomic mass is 16.3. The molecule has 1 N–H and O–H groups in total. The monoisotopic (exact) mass is 283 g/mol. The number of rotatable bonds is 2. The van der Waals surface area contributed by atoms with Crippen molar-refractivity contribution >= 4 is 10.8 Å². The second kappa shape index (κ2) is 5.76. The number of hydrogen-bond acceptors (Lipinski definition) is 2. The molecule has 21 heavy (non-hydrogen) atoms. The summed E-state index contributed by atoms with van der Waals surface area (Å²) in [4.78, 5) is 4.25. The van der Waals surface area contributed by atoms with E-state index >= 15 is 0 Å². The molecule has 1 aromatic carbocycles. The summed E-state index contributed by atoms with van der Waals surface area (Å²) in [6.45, 7) is 4.60. The van der Waals surface area contributed by atoms with Crippen LogP contribution in [0.2, 0.25) is 0 Å². The summed E-state index contributed by atoms with van der Waals surface area (Å²) in [5.74, 6) is 1.45. The summed E-state index contributed by atoms with van der Waals surface area (Å²) in [5.41, 5.74) is 0.379. The van der Waals surface area contributed by atoms with Gasteiger partial charge in [-0.1, -0.05) is 38.5 Å². The van der Waals surface area contributed by atoms with E-state index in [-0.39, 0.29) is 0 Å². The van der Waals surface area contributed by atoms with E-state index in [1.165, 1.54) is 11.8 Å². The fourth-order valence-corrected chi connectivity index (χ4v) is 3.81. The molecular weight excluding hydrogens is 258 g/mol. The Bertz CT molecular complexity index is 616. The van der Waals surface area contributed by atoms with Crippen LogP contribution in [0, 0.1) is 11.8 Å². The molecule has 112 valence electrons. The molecule has 0 saturated heterocycles. The molecule has 0 spiro atoms. The summed E-state index contributed by atoms with van der Waals surface area (Å²) in [5, 5.41) is 13.6. The topological polar surface area (TPSA) is 33.1 Å². The number of benzene rings is 1. The first-order valence-corrected chi connectivity index (χ1v) is 8.16. The molecule has 1 aliphatic carbocycles. The van der Waals surface area contributed by atoms with E-state index in [4.69, 9.17) is 0 Å². The van der Waals surface area contributed by atoms with Crippen molar-refractivity contribution in [2.24, 2.45) is 11.8 Å². The molecule has 0 aliphatic heterocycles. The van der Waals surface area contributed by atoms with Gasteiger partial charge in [-0.25, -0.2) is 0 Å². The summed E-state index contributed by atoms with van der Waals surface area (Å²) in [6.07, 6.45) is 8.91. The van der Waals surface area contributed by atoms with E-state index in [0.29, 0.717) is 5.92 Å². The summed E-state index contributed by atoms with van der Waals surface area (Å²) < 4.78 is 0. The van der Waals surface area contributed by atoms with Gasteiger partial charge >= 0.3 is 0 Å². The number of aliphatic hydroxyl groups is 1. The zero-order valence-corrected chi connectivity index (χ0v) is 13.0. The van der Waals surface area contributed by atoms with Crippen LogP contribution >= 0.6 is 0 Å². The summed E-state index contributed by atoms with van der Waals surface area (Å²) in [7, 11) is 0. The highest BCUT2D eigenvalue weighted by molar-refractivity contribution is 5.85. The lowest BCUT2D eigenvalue weighted by Crippen LogP contribution is -2.25. The van der Waals surface area contributed by atoms with Gasteiger partial charge in [0, 0.05) is 17.8 Å². The standard InChI is InChI=1S/C19H25NO/c1-14(2)15-6-4-10-19(21,11-8-15)18-7-3-5-16-9-12-20-13-17(16)18/h3,5,7,9,12-15,21H,4,6,8,10-11H2,1-2H3. The molecule has 0 radical (unpaired) electrons. The van der Waals surface area contributed by atoms with E-state index in [2.05, 4.69) is 37.0 Å². The Hall–Kier alpha value is -1.41. The number of hydrogen-bond donors (Lipinski definition) is 1. The van der Waals surface area contributed by atoms with Crippen LogP contribution in [0.1, 0.15) is 51.5 Å². The summed E-state index contributed by atoms with van der Waals surface area (Å²) >= 11 is 0. The maximum Gasteiger partial charge on any atom is 0.0903 e. The predicted octanol–water partition coefficient (Wildman–Crippen LogP) is 4.66. The zero-order chi connectivity index (χ0) is 14.9. The Morgan fingerprint density at radius 1 is 1.19 bits per heavy atom. The fourth-order valence-electron chi connectivity index (χ4n) is 3.81. The SMILES string of the molecule is CC(C)C1CCCC(O)(c2cccc3ccncc23)CC1. The second-order valence-electron chi connectivity index (χ2n) is 6.87. The lowest BCUT2D eigenvalue weighted by molar-refractivity contribution is 0.0205. The number of nitrogens with zero attached hydrogens (tertiary/aromatic N) is 1. The molecule has 2 nitrogen and oxygen atoms in total. The van der Waals surface area contributed by atoms with Crippen molar-refractivity contribution in [3.63, 3.8) is 0 Å². The maximum absolute atomic E-state index is 11.3. The molecule has 2 atom stereocenters. The Morgan fingerprint density at radius 3 is 2.86 bits per heavy atom. The Labute approximate surface area is 127 Å². The van der Waals surface area contributed by atoms with E-state index < -0.39 is 5.60 Å². The third-order valence-corrected chi connectivity index (χ3v) is 5.22. The van der Waals surface area contributed by atoms with Gasteiger partial charge in [-0.05, 0) is 54.5 Å². The average molecular weight is 283 g/mol. The van der Waals surface area contributed by atoms with Crippen molar-refractivity contribution < 1.29 is 5.11 Å². The number of pyridine rings is 1. The Morgan fingerprint density at radius 2 is 2.05 bits per heavy atom. The molecule has 1 heterocycles. The Balaban J connectivity index is 1.97.